The molecule has 3 nitrogen and oxygen atoms in total. The van der Waals surface area contributed by atoms with Gasteiger partial charge in [0, 0.05) is 0 Å². The number of carbonyl (C=O) groups is 1. The van der Waals surface area contributed by atoms with Crippen LogP contribution in [0.4, 0.5) is 0 Å². The number of aliphatic carboxylic acids is 1. The molecule has 15 heavy (non-hydrogen) atoms. The molecule has 1 aliphatic heterocycles. The van der Waals surface area contributed by atoms with Gasteiger partial charge in [-0.3, -0.25) is 9.69 Å². The van der Waals surface area contributed by atoms with Crippen LogP contribution in [0, 0.1) is 0 Å². The Morgan fingerprint density at radius 3 is 2.73 bits per heavy atom. The van der Waals surface area contributed by atoms with Gasteiger partial charge in [-0.1, -0.05) is 32.6 Å². The fraction of sp³-hybridized carbons (Fsp3) is 0.917. The van der Waals surface area contributed by atoms with Gasteiger partial charge in [-0.05, 0) is 32.4 Å². The molecule has 0 aromatic carbocycles. The lowest BCUT2D eigenvalue weighted by molar-refractivity contribution is -0.142. The molecule has 0 unspecified atom stereocenters. The average molecular weight is 213 g/mol. The molecule has 3 heteroatoms. The Morgan fingerprint density at radius 1 is 1.33 bits per heavy atom. The Hall–Kier alpha value is -0.570. The van der Waals surface area contributed by atoms with Gasteiger partial charge in [-0.25, -0.2) is 0 Å². The minimum atomic E-state index is -0.638. The van der Waals surface area contributed by atoms with Crippen molar-refractivity contribution in [1.82, 2.24) is 4.90 Å². The van der Waals surface area contributed by atoms with Crippen molar-refractivity contribution in [2.45, 2.75) is 57.9 Å². The van der Waals surface area contributed by atoms with Crippen LogP contribution in [-0.4, -0.2) is 35.1 Å². The second-order valence-electron chi connectivity index (χ2n) is 4.45. The van der Waals surface area contributed by atoms with Gasteiger partial charge in [0.1, 0.15) is 6.04 Å². The summed E-state index contributed by atoms with van der Waals surface area (Å²) in [5, 5.41) is 8.98. The maximum absolute atomic E-state index is 10.9. The Balaban J connectivity index is 2.12. The van der Waals surface area contributed by atoms with Crippen molar-refractivity contribution in [3.8, 4) is 0 Å². The van der Waals surface area contributed by atoms with Crippen LogP contribution in [0.15, 0.2) is 0 Å². The van der Waals surface area contributed by atoms with Gasteiger partial charge in [0.05, 0.1) is 0 Å². The van der Waals surface area contributed by atoms with E-state index in [1.54, 1.807) is 0 Å². The van der Waals surface area contributed by atoms with Gasteiger partial charge in [-0.15, -0.1) is 0 Å². The number of likely N-dealkylation sites (tertiary alicyclic amines) is 1. The summed E-state index contributed by atoms with van der Waals surface area (Å²) in [5.41, 5.74) is 0. The van der Waals surface area contributed by atoms with Crippen LogP contribution in [-0.2, 0) is 4.79 Å². The van der Waals surface area contributed by atoms with Gasteiger partial charge >= 0.3 is 5.97 Å². The van der Waals surface area contributed by atoms with E-state index in [0.717, 1.165) is 32.4 Å². The van der Waals surface area contributed by atoms with E-state index in [1.807, 2.05) is 0 Å². The molecule has 0 saturated carbocycles. The highest BCUT2D eigenvalue weighted by Crippen LogP contribution is 2.18. The summed E-state index contributed by atoms with van der Waals surface area (Å²) in [6.45, 7) is 4.16. The van der Waals surface area contributed by atoms with Crippen LogP contribution in [0.2, 0.25) is 0 Å². The summed E-state index contributed by atoms with van der Waals surface area (Å²) >= 11 is 0. The average Bonchev–Trinajstić information content (AvgIpc) is 2.66. The molecule has 1 rings (SSSR count). The standard InChI is InChI=1S/C12H23NO2/c1-2-3-4-5-6-9-13-10-7-8-11(13)12(14)15/h11H,2-10H2,1H3,(H,14,15)/t11-/m0/s1. The van der Waals surface area contributed by atoms with E-state index in [4.69, 9.17) is 5.11 Å². The number of hydrogen-bond donors (Lipinski definition) is 1. The third-order valence-electron chi connectivity index (χ3n) is 3.20. The van der Waals surface area contributed by atoms with Crippen molar-refractivity contribution in [1.29, 1.82) is 0 Å². The third kappa shape index (κ3) is 4.20. The molecular weight excluding hydrogens is 190 g/mol. The van der Waals surface area contributed by atoms with E-state index >= 15 is 0 Å². The number of carboxylic acids is 1. The van der Waals surface area contributed by atoms with Gasteiger partial charge in [-0.2, -0.15) is 0 Å². The van der Waals surface area contributed by atoms with Crippen LogP contribution >= 0.6 is 0 Å². The molecule has 1 heterocycles. The summed E-state index contributed by atoms with van der Waals surface area (Å²) in [5.74, 6) is -0.638. The highest BCUT2D eigenvalue weighted by Gasteiger charge is 2.29. The number of nitrogens with zero attached hydrogens (tertiary/aromatic N) is 1. The maximum Gasteiger partial charge on any atom is 0.320 e. The molecule has 1 N–H and O–H groups in total. The van der Waals surface area contributed by atoms with E-state index in [-0.39, 0.29) is 6.04 Å². The Kier molecular flexibility index (Phi) is 5.69. The lowest BCUT2D eigenvalue weighted by Crippen LogP contribution is -2.36. The first-order valence-corrected chi connectivity index (χ1v) is 6.22. The molecule has 0 aromatic heterocycles. The smallest absolute Gasteiger partial charge is 0.320 e. The third-order valence-corrected chi connectivity index (χ3v) is 3.20. The van der Waals surface area contributed by atoms with E-state index in [1.165, 1.54) is 25.7 Å². The van der Waals surface area contributed by atoms with Crippen molar-refractivity contribution >= 4 is 5.97 Å². The summed E-state index contributed by atoms with van der Waals surface area (Å²) in [4.78, 5) is 13.0. The van der Waals surface area contributed by atoms with E-state index < -0.39 is 5.97 Å². The zero-order chi connectivity index (χ0) is 11.1. The SMILES string of the molecule is CCCCCCCN1CCC[C@H]1C(=O)O. The molecule has 88 valence electrons. The maximum atomic E-state index is 10.9. The fourth-order valence-corrected chi connectivity index (χ4v) is 2.29. The predicted octanol–water partition coefficient (Wildman–Crippen LogP) is 2.51. The first-order valence-electron chi connectivity index (χ1n) is 6.22. The lowest BCUT2D eigenvalue weighted by atomic mass is 10.1. The van der Waals surface area contributed by atoms with Gasteiger partial charge in [0.15, 0.2) is 0 Å². The second kappa shape index (κ2) is 6.83. The molecule has 1 atom stereocenters. The predicted molar refractivity (Wildman–Crippen MR) is 61.0 cm³/mol. The molecule has 1 saturated heterocycles. The summed E-state index contributed by atoms with van der Waals surface area (Å²) in [6, 6.07) is -0.198. The second-order valence-corrected chi connectivity index (χ2v) is 4.45. The number of rotatable bonds is 7. The molecule has 0 aromatic rings. The summed E-state index contributed by atoms with van der Waals surface area (Å²) in [6.07, 6.45) is 8.16. The molecule has 0 aliphatic carbocycles. The van der Waals surface area contributed by atoms with E-state index in [9.17, 15) is 4.79 Å². The fourth-order valence-electron chi connectivity index (χ4n) is 2.29. The van der Waals surface area contributed by atoms with Crippen molar-refractivity contribution in [2.75, 3.05) is 13.1 Å². The Bertz CT molecular complexity index is 194. The monoisotopic (exact) mass is 213 g/mol. The van der Waals surface area contributed by atoms with E-state index in [0.29, 0.717) is 0 Å². The van der Waals surface area contributed by atoms with Crippen LogP contribution in [0.5, 0.6) is 0 Å². The summed E-state index contributed by atoms with van der Waals surface area (Å²) < 4.78 is 0. The first-order chi connectivity index (χ1) is 7.25. The van der Waals surface area contributed by atoms with Crippen LogP contribution < -0.4 is 0 Å². The van der Waals surface area contributed by atoms with Gasteiger partial charge in [0.2, 0.25) is 0 Å². The molecule has 0 radical (unpaired) electrons. The highest BCUT2D eigenvalue weighted by atomic mass is 16.4. The Morgan fingerprint density at radius 2 is 2.07 bits per heavy atom. The van der Waals surface area contributed by atoms with Crippen LogP contribution in [0.25, 0.3) is 0 Å². The minimum Gasteiger partial charge on any atom is -0.480 e. The minimum absolute atomic E-state index is 0.198. The topological polar surface area (TPSA) is 40.5 Å². The number of carboxylic acid groups (broad SMARTS) is 1. The molecular formula is C12H23NO2. The highest BCUT2D eigenvalue weighted by molar-refractivity contribution is 5.73. The number of hydrogen-bond acceptors (Lipinski definition) is 2. The molecule has 0 bridgehead atoms. The van der Waals surface area contributed by atoms with E-state index in [2.05, 4.69) is 11.8 Å². The van der Waals surface area contributed by atoms with Crippen LogP contribution in [0.3, 0.4) is 0 Å². The number of unbranched alkanes of at least 4 members (excludes halogenated alkanes) is 4. The zero-order valence-corrected chi connectivity index (χ0v) is 9.74. The molecule has 1 fully saturated rings. The molecule has 0 amide bonds. The quantitative estimate of drug-likeness (QED) is 0.661. The van der Waals surface area contributed by atoms with Crippen molar-refractivity contribution in [2.24, 2.45) is 0 Å². The largest absolute Gasteiger partial charge is 0.480 e. The van der Waals surface area contributed by atoms with Gasteiger partial charge < -0.3 is 5.11 Å². The van der Waals surface area contributed by atoms with Gasteiger partial charge in [0.25, 0.3) is 0 Å². The lowest BCUT2D eigenvalue weighted by Gasteiger charge is -2.20. The normalized spacial score (nSPS) is 22.1. The van der Waals surface area contributed by atoms with Crippen LogP contribution in [0.1, 0.15) is 51.9 Å². The first kappa shape index (κ1) is 12.5. The zero-order valence-electron chi connectivity index (χ0n) is 9.74. The van der Waals surface area contributed by atoms with Crippen molar-refractivity contribution < 1.29 is 9.90 Å². The Labute approximate surface area is 92.5 Å². The van der Waals surface area contributed by atoms with Crippen molar-refractivity contribution in [3.63, 3.8) is 0 Å². The molecule has 0 spiro atoms. The molecule has 1 aliphatic rings. The van der Waals surface area contributed by atoms with Crippen molar-refractivity contribution in [3.05, 3.63) is 0 Å². The summed E-state index contributed by atoms with van der Waals surface area (Å²) in [7, 11) is 0.